The highest BCUT2D eigenvalue weighted by Gasteiger charge is 2.07. The van der Waals surface area contributed by atoms with Crippen molar-refractivity contribution >= 4 is 76.5 Å². The van der Waals surface area contributed by atoms with Gasteiger partial charge in [0, 0.05) is 19.2 Å². The van der Waals surface area contributed by atoms with Crippen molar-refractivity contribution in [1.82, 2.24) is 0 Å². The van der Waals surface area contributed by atoms with Crippen LogP contribution in [0.25, 0.3) is 74.8 Å². The van der Waals surface area contributed by atoms with Gasteiger partial charge in [-0.15, -0.1) is 22.7 Å². The molecule has 0 unspecified atom stereocenters. The topological polar surface area (TPSA) is 0 Å². The molecule has 8 rings (SSSR count). The molecule has 188 valence electrons. The molecule has 0 aliphatic rings. The molecule has 0 radical (unpaired) electrons. The Labute approximate surface area is 241 Å². The second-order valence-corrected chi connectivity index (χ2v) is 12.4. The Kier molecular flexibility index (Phi) is 5.62. The SMILES string of the molecule is C(=C\c1ccc2cc(-c3cc4ccccc4s3)ccc2c1)/c1ccc2cc(-c3cc4ccccc4s3)ccc2c1. The maximum absolute atomic E-state index is 2.31. The molecule has 0 saturated heterocycles. The third-order valence-corrected chi connectivity index (χ3v) is 9.95. The summed E-state index contributed by atoms with van der Waals surface area (Å²) >= 11 is 3.72. The van der Waals surface area contributed by atoms with Crippen LogP contribution in [0.15, 0.2) is 133 Å². The molecule has 8 aromatic rings. The van der Waals surface area contributed by atoms with Gasteiger partial charge in [0.05, 0.1) is 0 Å². The Morgan fingerprint density at radius 1 is 0.350 bits per heavy atom. The minimum absolute atomic E-state index is 1.21. The fraction of sp³-hybridized carbons (Fsp3) is 0. The van der Waals surface area contributed by atoms with Crippen LogP contribution in [0.3, 0.4) is 0 Å². The van der Waals surface area contributed by atoms with E-state index in [2.05, 4.69) is 146 Å². The summed E-state index contributed by atoms with van der Waals surface area (Å²) in [4.78, 5) is 2.64. The zero-order valence-electron chi connectivity index (χ0n) is 21.7. The van der Waals surface area contributed by atoms with Crippen LogP contribution in [0.2, 0.25) is 0 Å². The number of benzene rings is 6. The van der Waals surface area contributed by atoms with Gasteiger partial charge in [0.15, 0.2) is 0 Å². The molecule has 0 nitrogen and oxygen atoms in total. The van der Waals surface area contributed by atoms with Crippen molar-refractivity contribution < 1.29 is 0 Å². The highest BCUT2D eigenvalue weighted by molar-refractivity contribution is 7.22. The van der Waals surface area contributed by atoms with Crippen LogP contribution in [-0.2, 0) is 0 Å². The van der Waals surface area contributed by atoms with Crippen LogP contribution in [-0.4, -0.2) is 0 Å². The molecule has 2 heterocycles. The summed E-state index contributed by atoms with van der Waals surface area (Å²) in [6.45, 7) is 0. The van der Waals surface area contributed by atoms with E-state index in [-0.39, 0.29) is 0 Å². The lowest BCUT2D eigenvalue weighted by Crippen LogP contribution is -1.80. The first-order valence-electron chi connectivity index (χ1n) is 13.5. The van der Waals surface area contributed by atoms with Gasteiger partial charge >= 0.3 is 0 Å². The summed E-state index contributed by atoms with van der Waals surface area (Å²) in [5, 5.41) is 7.69. The smallest absolute Gasteiger partial charge is 0.0355 e. The average molecular weight is 545 g/mol. The van der Waals surface area contributed by atoms with Crippen LogP contribution in [0.1, 0.15) is 11.1 Å². The number of hydrogen-bond acceptors (Lipinski definition) is 2. The summed E-state index contributed by atoms with van der Waals surface area (Å²) in [5.41, 5.74) is 4.98. The van der Waals surface area contributed by atoms with Gasteiger partial charge in [0.2, 0.25) is 0 Å². The third kappa shape index (κ3) is 4.32. The van der Waals surface area contributed by atoms with Crippen molar-refractivity contribution in [3.05, 3.63) is 145 Å². The van der Waals surface area contributed by atoms with Crippen molar-refractivity contribution in [2.24, 2.45) is 0 Å². The van der Waals surface area contributed by atoms with Crippen molar-refractivity contribution in [2.45, 2.75) is 0 Å². The van der Waals surface area contributed by atoms with E-state index in [9.17, 15) is 0 Å². The van der Waals surface area contributed by atoms with E-state index in [4.69, 9.17) is 0 Å². The van der Waals surface area contributed by atoms with Gasteiger partial charge in [-0.3, -0.25) is 0 Å². The van der Waals surface area contributed by atoms with Crippen molar-refractivity contribution in [3.8, 4) is 20.9 Å². The Morgan fingerprint density at radius 2 is 0.775 bits per heavy atom. The summed E-state index contributed by atoms with van der Waals surface area (Å²) in [7, 11) is 0. The molecule has 0 bridgehead atoms. The highest BCUT2D eigenvalue weighted by atomic mass is 32.1. The summed E-state index contributed by atoms with van der Waals surface area (Å²) in [6.07, 6.45) is 4.43. The molecule has 0 aliphatic heterocycles. The van der Waals surface area contributed by atoms with E-state index in [1.165, 1.54) is 73.7 Å². The second-order valence-electron chi connectivity index (χ2n) is 10.3. The van der Waals surface area contributed by atoms with Crippen molar-refractivity contribution in [3.63, 3.8) is 0 Å². The fourth-order valence-electron chi connectivity index (χ4n) is 5.48. The third-order valence-electron chi connectivity index (χ3n) is 7.62. The molecule has 0 fully saturated rings. The molecule has 6 aromatic carbocycles. The second kappa shape index (κ2) is 9.60. The van der Waals surface area contributed by atoms with Crippen LogP contribution in [0, 0.1) is 0 Å². The first kappa shape index (κ1) is 23.4. The molecule has 0 N–H and O–H groups in total. The van der Waals surface area contributed by atoms with Gasteiger partial charge in [0.1, 0.15) is 0 Å². The zero-order valence-corrected chi connectivity index (χ0v) is 23.3. The van der Waals surface area contributed by atoms with Crippen molar-refractivity contribution in [2.75, 3.05) is 0 Å². The lowest BCUT2D eigenvalue weighted by Gasteiger charge is -2.05. The Morgan fingerprint density at radius 3 is 1.25 bits per heavy atom. The number of fused-ring (bicyclic) bond motifs is 4. The Hall–Kier alpha value is -4.50. The maximum Gasteiger partial charge on any atom is 0.0355 e. The molecule has 0 aliphatic carbocycles. The molecule has 2 aromatic heterocycles. The first-order chi connectivity index (χ1) is 19.7. The minimum Gasteiger partial charge on any atom is -0.135 e. The fourth-order valence-corrected chi connectivity index (χ4v) is 7.60. The Balaban J connectivity index is 1.05. The summed E-state index contributed by atoms with van der Waals surface area (Å²) < 4.78 is 2.67. The van der Waals surface area contributed by atoms with Crippen LogP contribution >= 0.6 is 22.7 Å². The molecule has 0 atom stereocenters. The number of rotatable bonds is 4. The molecule has 0 spiro atoms. The average Bonchev–Trinajstić information content (AvgIpc) is 3.64. The lowest BCUT2D eigenvalue weighted by atomic mass is 10.0. The molecule has 2 heteroatoms. The quantitative estimate of drug-likeness (QED) is 0.193. The Bertz CT molecular complexity index is 2000. The van der Waals surface area contributed by atoms with Crippen LogP contribution in [0.4, 0.5) is 0 Å². The van der Waals surface area contributed by atoms with E-state index in [1.807, 2.05) is 22.7 Å². The van der Waals surface area contributed by atoms with Gasteiger partial charge in [-0.2, -0.15) is 0 Å². The van der Waals surface area contributed by atoms with Crippen LogP contribution in [0.5, 0.6) is 0 Å². The van der Waals surface area contributed by atoms with E-state index in [0.29, 0.717) is 0 Å². The van der Waals surface area contributed by atoms with Gasteiger partial charge in [-0.1, -0.05) is 97.1 Å². The largest absolute Gasteiger partial charge is 0.135 e. The van der Waals surface area contributed by atoms with Gasteiger partial charge in [-0.25, -0.2) is 0 Å². The monoisotopic (exact) mass is 544 g/mol. The lowest BCUT2D eigenvalue weighted by molar-refractivity contribution is 1.69. The summed E-state index contributed by atoms with van der Waals surface area (Å²) in [6, 6.07) is 48.9. The normalized spacial score (nSPS) is 11.9. The van der Waals surface area contributed by atoms with E-state index in [0.717, 1.165) is 0 Å². The minimum atomic E-state index is 1.21. The van der Waals surface area contributed by atoms with Crippen LogP contribution < -0.4 is 0 Å². The summed E-state index contributed by atoms with van der Waals surface area (Å²) in [5.74, 6) is 0. The molecule has 0 saturated carbocycles. The zero-order chi connectivity index (χ0) is 26.5. The van der Waals surface area contributed by atoms with E-state index >= 15 is 0 Å². The number of hydrogen-bond donors (Lipinski definition) is 0. The molecular formula is C38H24S2. The van der Waals surface area contributed by atoms with Gasteiger partial charge < -0.3 is 0 Å². The standard InChI is InChI=1S/C38H24S2/c1-3-7-35-31(5-1)23-37(39-35)33-17-15-27-19-25(11-13-29(27)21-33)9-10-26-12-14-30-22-34(18-16-28(30)20-26)38-24-32-6-2-4-8-36(32)40-38/h1-24H/b10-9+. The van der Waals surface area contributed by atoms with E-state index in [1.54, 1.807) is 0 Å². The predicted molar refractivity (Wildman–Crippen MR) is 178 cm³/mol. The molecule has 40 heavy (non-hydrogen) atoms. The van der Waals surface area contributed by atoms with Gasteiger partial charge in [0.25, 0.3) is 0 Å². The molecular weight excluding hydrogens is 521 g/mol. The first-order valence-corrected chi connectivity index (χ1v) is 15.1. The molecule has 0 amide bonds. The van der Waals surface area contributed by atoms with Gasteiger partial charge in [-0.05, 0) is 103 Å². The maximum atomic E-state index is 2.31. The highest BCUT2D eigenvalue weighted by Crippen LogP contribution is 2.36. The predicted octanol–water partition coefficient (Wildman–Crippen LogP) is 11.9. The van der Waals surface area contributed by atoms with E-state index < -0.39 is 0 Å². The van der Waals surface area contributed by atoms with Crippen molar-refractivity contribution in [1.29, 1.82) is 0 Å². The number of thiophene rings is 2.